The molecule has 3 rings (SSSR count). The van der Waals surface area contributed by atoms with Crippen LogP contribution in [0.1, 0.15) is 22.3 Å². The maximum Gasteiger partial charge on any atom is 0.251 e. The average molecular weight is 359 g/mol. The van der Waals surface area contributed by atoms with Gasteiger partial charge in [-0.1, -0.05) is 12.1 Å². The van der Waals surface area contributed by atoms with Crippen molar-refractivity contribution in [2.75, 3.05) is 22.6 Å². The molecule has 132 valence electrons. The van der Waals surface area contributed by atoms with E-state index in [1.807, 2.05) is 36.4 Å². The van der Waals surface area contributed by atoms with Gasteiger partial charge in [-0.25, -0.2) is 8.42 Å². The van der Waals surface area contributed by atoms with Crippen molar-refractivity contribution in [1.82, 2.24) is 5.32 Å². The van der Waals surface area contributed by atoms with Gasteiger partial charge in [0, 0.05) is 29.5 Å². The summed E-state index contributed by atoms with van der Waals surface area (Å²) in [6.45, 7) is 0.658. The minimum absolute atomic E-state index is 0.0277. The Morgan fingerprint density at radius 2 is 1.76 bits per heavy atom. The Balaban J connectivity index is 1.54. The van der Waals surface area contributed by atoms with Crippen LogP contribution in [0.3, 0.4) is 0 Å². The van der Waals surface area contributed by atoms with E-state index < -0.39 is 9.84 Å². The smallest absolute Gasteiger partial charge is 0.251 e. The van der Waals surface area contributed by atoms with Gasteiger partial charge in [0.15, 0.2) is 9.84 Å². The summed E-state index contributed by atoms with van der Waals surface area (Å²) < 4.78 is 22.9. The molecule has 1 atom stereocenters. The largest absolute Gasteiger partial charge is 0.399 e. The number of anilines is 2. The Hall–Kier alpha value is -2.54. The number of amides is 1. The molecule has 1 aliphatic rings. The number of benzene rings is 2. The fourth-order valence-corrected chi connectivity index (χ4v) is 4.43. The second-order valence-electron chi connectivity index (χ2n) is 6.25. The number of carbonyl (C=O) groups is 1. The van der Waals surface area contributed by atoms with E-state index in [0.717, 1.165) is 16.9 Å². The van der Waals surface area contributed by atoms with Gasteiger partial charge < -0.3 is 16.4 Å². The summed E-state index contributed by atoms with van der Waals surface area (Å²) in [5, 5.41) is 6.06. The van der Waals surface area contributed by atoms with Gasteiger partial charge in [0.1, 0.15) is 0 Å². The van der Waals surface area contributed by atoms with E-state index in [4.69, 9.17) is 5.73 Å². The van der Waals surface area contributed by atoms with Gasteiger partial charge in [0.25, 0.3) is 5.91 Å². The van der Waals surface area contributed by atoms with Gasteiger partial charge in [-0.2, -0.15) is 0 Å². The van der Waals surface area contributed by atoms with Gasteiger partial charge in [0.2, 0.25) is 0 Å². The van der Waals surface area contributed by atoms with E-state index in [1.165, 1.54) is 0 Å². The summed E-state index contributed by atoms with van der Waals surface area (Å²) in [5.41, 5.74) is 8.92. The molecule has 2 aromatic rings. The fraction of sp³-hybridized carbons (Fsp3) is 0.278. The standard InChI is InChI=1S/C18H21N3O3S/c19-15-5-1-13(2-6-15)11-20-16-7-3-14(4-8-16)18(22)21-17-9-10-25(23,24)12-17/h1-8,17,20H,9-12,19H2,(H,21,22)/t17-/m1/s1. The summed E-state index contributed by atoms with van der Waals surface area (Å²) in [6.07, 6.45) is 0.481. The number of rotatable bonds is 5. The van der Waals surface area contributed by atoms with E-state index in [-0.39, 0.29) is 23.5 Å². The number of nitrogen functional groups attached to an aromatic ring is 1. The molecule has 0 radical (unpaired) electrons. The van der Waals surface area contributed by atoms with Crippen molar-refractivity contribution in [3.63, 3.8) is 0 Å². The van der Waals surface area contributed by atoms with Crippen LogP contribution < -0.4 is 16.4 Å². The van der Waals surface area contributed by atoms with Gasteiger partial charge in [-0.05, 0) is 48.4 Å². The third kappa shape index (κ3) is 4.73. The van der Waals surface area contributed by atoms with Crippen LogP contribution in [-0.2, 0) is 16.4 Å². The summed E-state index contributed by atoms with van der Waals surface area (Å²) in [6, 6.07) is 14.4. The third-order valence-corrected chi connectivity index (χ3v) is 5.96. The lowest BCUT2D eigenvalue weighted by atomic mass is 10.1. The fourth-order valence-electron chi connectivity index (χ4n) is 2.76. The lowest BCUT2D eigenvalue weighted by Gasteiger charge is -2.11. The Morgan fingerprint density at radius 3 is 2.36 bits per heavy atom. The van der Waals surface area contributed by atoms with E-state index in [0.29, 0.717) is 18.5 Å². The van der Waals surface area contributed by atoms with Crippen LogP contribution in [0.2, 0.25) is 0 Å². The minimum Gasteiger partial charge on any atom is -0.399 e. The zero-order valence-electron chi connectivity index (χ0n) is 13.7. The molecule has 1 saturated heterocycles. The molecule has 0 unspecified atom stereocenters. The van der Waals surface area contributed by atoms with E-state index in [2.05, 4.69) is 10.6 Å². The first-order chi connectivity index (χ1) is 11.9. The average Bonchev–Trinajstić information content (AvgIpc) is 2.93. The van der Waals surface area contributed by atoms with Gasteiger partial charge >= 0.3 is 0 Å². The molecule has 2 aromatic carbocycles. The van der Waals surface area contributed by atoms with Crippen molar-refractivity contribution in [1.29, 1.82) is 0 Å². The van der Waals surface area contributed by atoms with Crippen LogP contribution in [0.15, 0.2) is 48.5 Å². The van der Waals surface area contributed by atoms with E-state index in [1.54, 1.807) is 12.1 Å². The molecule has 0 bridgehead atoms. The molecule has 0 spiro atoms. The first-order valence-electron chi connectivity index (χ1n) is 8.11. The van der Waals surface area contributed by atoms with Crippen LogP contribution >= 0.6 is 0 Å². The summed E-state index contributed by atoms with van der Waals surface area (Å²) in [4.78, 5) is 12.2. The van der Waals surface area contributed by atoms with Gasteiger partial charge in [0.05, 0.1) is 11.5 Å². The quantitative estimate of drug-likeness (QED) is 0.707. The lowest BCUT2D eigenvalue weighted by Crippen LogP contribution is -2.35. The van der Waals surface area contributed by atoms with Crippen molar-refractivity contribution in [3.8, 4) is 0 Å². The van der Waals surface area contributed by atoms with Gasteiger partial charge in [-0.3, -0.25) is 4.79 Å². The third-order valence-electron chi connectivity index (χ3n) is 4.19. The molecule has 25 heavy (non-hydrogen) atoms. The Bertz CT molecular complexity index is 846. The van der Waals surface area contributed by atoms with Gasteiger partial charge in [-0.15, -0.1) is 0 Å². The maximum absolute atomic E-state index is 12.2. The normalized spacial score (nSPS) is 18.6. The van der Waals surface area contributed by atoms with Crippen molar-refractivity contribution in [2.45, 2.75) is 19.0 Å². The van der Waals surface area contributed by atoms with Crippen LogP contribution in [0, 0.1) is 0 Å². The topological polar surface area (TPSA) is 101 Å². The summed E-state index contributed by atoms with van der Waals surface area (Å²) in [5.74, 6) is -0.0708. The number of nitrogens with two attached hydrogens (primary N) is 1. The Kier molecular flexibility index (Phi) is 4.94. The highest BCUT2D eigenvalue weighted by Gasteiger charge is 2.29. The minimum atomic E-state index is -3.00. The van der Waals surface area contributed by atoms with Crippen molar-refractivity contribution >= 4 is 27.1 Å². The predicted octanol–water partition coefficient (Wildman–Crippen LogP) is 1.80. The van der Waals surface area contributed by atoms with Crippen molar-refractivity contribution < 1.29 is 13.2 Å². The second-order valence-corrected chi connectivity index (χ2v) is 8.47. The molecule has 0 aliphatic carbocycles. The number of carbonyl (C=O) groups excluding carboxylic acids is 1. The first-order valence-corrected chi connectivity index (χ1v) is 9.93. The first kappa shape index (κ1) is 17.3. The highest BCUT2D eigenvalue weighted by atomic mass is 32.2. The molecular weight excluding hydrogens is 338 g/mol. The van der Waals surface area contributed by atoms with E-state index >= 15 is 0 Å². The Morgan fingerprint density at radius 1 is 1.08 bits per heavy atom. The lowest BCUT2D eigenvalue weighted by molar-refractivity contribution is 0.0941. The maximum atomic E-state index is 12.2. The molecule has 1 amide bonds. The highest BCUT2D eigenvalue weighted by Crippen LogP contribution is 2.15. The molecule has 1 aliphatic heterocycles. The molecule has 6 nitrogen and oxygen atoms in total. The van der Waals surface area contributed by atoms with Crippen molar-refractivity contribution in [3.05, 3.63) is 59.7 Å². The summed E-state index contributed by atoms with van der Waals surface area (Å²) in [7, 11) is -3.00. The summed E-state index contributed by atoms with van der Waals surface area (Å²) >= 11 is 0. The molecule has 0 aromatic heterocycles. The predicted molar refractivity (Wildman–Crippen MR) is 99.1 cm³/mol. The van der Waals surface area contributed by atoms with Crippen LogP contribution in [0.25, 0.3) is 0 Å². The van der Waals surface area contributed by atoms with Crippen molar-refractivity contribution in [2.24, 2.45) is 0 Å². The number of sulfone groups is 1. The zero-order chi connectivity index (χ0) is 17.9. The molecule has 4 N–H and O–H groups in total. The highest BCUT2D eigenvalue weighted by molar-refractivity contribution is 7.91. The van der Waals surface area contributed by atoms with Crippen LogP contribution in [-0.4, -0.2) is 31.9 Å². The van der Waals surface area contributed by atoms with Crippen LogP contribution in [0.4, 0.5) is 11.4 Å². The molecular formula is C18H21N3O3S. The molecule has 1 heterocycles. The molecule has 7 heteroatoms. The molecule has 1 fully saturated rings. The monoisotopic (exact) mass is 359 g/mol. The zero-order valence-corrected chi connectivity index (χ0v) is 14.6. The number of hydrogen-bond acceptors (Lipinski definition) is 5. The number of nitrogens with one attached hydrogen (secondary N) is 2. The second kappa shape index (κ2) is 7.14. The molecule has 0 saturated carbocycles. The van der Waals surface area contributed by atoms with E-state index in [9.17, 15) is 13.2 Å². The van der Waals surface area contributed by atoms with Crippen LogP contribution in [0.5, 0.6) is 0 Å². The Labute approximate surface area is 147 Å². The number of hydrogen-bond donors (Lipinski definition) is 3. The SMILES string of the molecule is Nc1ccc(CNc2ccc(C(=O)N[C@@H]3CCS(=O)(=O)C3)cc2)cc1.